The summed E-state index contributed by atoms with van der Waals surface area (Å²) in [5.41, 5.74) is -2.82. The van der Waals surface area contributed by atoms with Gasteiger partial charge in [-0.25, -0.2) is 8.42 Å². The molecule has 0 bridgehead atoms. The average molecular weight is 515 g/mol. The topological polar surface area (TPSA) is 113 Å². The third-order valence-corrected chi connectivity index (χ3v) is 7.26. The SMILES string of the molecule is CCc1cc([N+](=O)[O-])c([P+](=O)OC(C)S(C)(=O)=O)cc1Oc1ccc(C(F)(F)F)cc1Cl. The summed E-state index contributed by atoms with van der Waals surface area (Å²) in [6, 6.07) is 4.49. The fraction of sp³-hybridized carbons (Fsp3) is 0.333. The fourth-order valence-electron chi connectivity index (χ4n) is 2.41. The van der Waals surface area contributed by atoms with Crippen molar-refractivity contribution in [2.45, 2.75) is 31.9 Å². The predicted octanol–water partition coefficient (Wildman–Crippen LogP) is 5.40. The van der Waals surface area contributed by atoms with Crippen LogP contribution in [0.3, 0.4) is 0 Å². The number of ether oxygens (including phenoxy) is 1. The summed E-state index contributed by atoms with van der Waals surface area (Å²) in [4.78, 5) is 10.7. The largest absolute Gasteiger partial charge is 0.557 e. The minimum absolute atomic E-state index is 0.0614. The molecule has 174 valence electrons. The van der Waals surface area contributed by atoms with Crippen molar-refractivity contribution >= 4 is 40.5 Å². The maximum absolute atomic E-state index is 12.8. The molecule has 0 aliphatic carbocycles. The maximum Gasteiger partial charge on any atom is 0.557 e. The third kappa shape index (κ3) is 6.16. The Hall–Kier alpha value is -2.27. The molecule has 8 nitrogen and oxygen atoms in total. The molecule has 0 amide bonds. The first kappa shape index (κ1) is 26.0. The first-order valence-electron chi connectivity index (χ1n) is 8.84. The lowest BCUT2D eigenvalue weighted by atomic mass is 10.1. The van der Waals surface area contributed by atoms with Crippen molar-refractivity contribution in [2.75, 3.05) is 6.26 Å². The van der Waals surface area contributed by atoms with Crippen LogP contribution >= 0.6 is 19.6 Å². The number of nitro benzene ring substituents is 1. The van der Waals surface area contributed by atoms with Gasteiger partial charge < -0.3 is 4.74 Å². The molecule has 32 heavy (non-hydrogen) atoms. The number of alkyl halides is 3. The first-order valence-corrected chi connectivity index (χ1v) is 12.3. The molecule has 0 saturated carbocycles. The standard InChI is InChI=1S/C18H17ClF3NO7PS/c1-4-11-7-14(23(24)25)17(31(26)30-10(2)32(3,27)28)9-16(11)29-15-6-5-12(8-13(15)19)18(20,21)22/h5-10H,4H2,1-3H3/q+1. The quantitative estimate of drug-likeness (QED) is 0.263. The molecule has 0 N–H and O–H groups in total. The van der Waals surface area contributed by atoms with Gasteiger partial charge in [-0.05, 0) is 36.1 Å². The van der Waals surface area contributed by atoms with Gasteiger partial charge in [0.05, 0.1) is 15.5 Å². The smallest absolute Gasteiger partial charge is 0.455 e. The molecule has 2 aromatic rings. The van der Waals surface area contributed by atoms with E-state index in [1.54, 1.807) is 6.92 Å². The van der Waals surface area contributed by atoms with E-state index in [0.29, 0.717) is 6.07 Å². The van der Waals surface area contributed by atoms with E-state index in [1.165, 1.54) is 0 Å². The van der Waals surface area contributed by atoms with Gasteiger partial charge in [-0.15, -0.1) is 4.52 Å². The summed E-state index contributed by atoms with van der Waals surface area (Å²) in [7, 11) is -6.75. The number of halogens is 4. The molecule has 0 aliphatic rings. The Morgan fingerprint density at radius 2 is 1.84 bits per heavy atom. The lowest BCUT2D eigenvalue weighted by molar-refractivity contribution is -0.383. The maximum atomic E-state index is 12.8. The van der Waals surface area contributed by atoms with Crippen molar-refractivity contribution < 1.29 is 40.3 Å². The molecule has 2 unspecified atom stereocenters. The second-order valence-corrected chi connectivity index (χ2v) is 10.5. The number of sulfone groups is 1. The number of hydrogen-bond acceptors (Lipinski definition) is 7. The molecule has 0 saturated heterocycles. The number of rotatable bonds is 8. The van der Waals surface area contributed by atoms with Gasteiger partial charge in [0, 0.05) is 24.0 Å². The van der Waals surface area contributed by atoms with Crippen LogP contribution in [-0.4, -0.2) is 25.0 Å². The number of benzene rings is 2. The van der Waals surface area contributed by atoms with Gasteiger partial charge in [0.2, 0.25) is 5.44 Å². The summed E-state index contributed by atoms with van der Waals surface area (Å²) in [5, 5.41) is 10.7. The molecule has 0 radical (unpaired) electrons. The van der Waals surface area contributed by atoms with Crippen LogP contribution in [0.2, 0.25) is 5.02 Å². The highest BCUT2D eigenvalue weighted by atomic mass is 35.5. The van der Waals surface area contributed by atoms with Gasteiger partial charge >= 0.3 is 25.2 Å². The van der Waals surface area contributed by atoms with E-state index in [-0.39, 0.29) is 28.5 Å². The summed E-state index contributed by atoms with van der Waals surface area (Å²) in [5.74, 6) is -0.233. The first-order chi connectivity index (χ1) is 14.6. The highest BCUT2D eigenvalue weighted by Gasteiger charge is 2.39. The van der Waals surface area contributed by atoms with Crippen LogP contribution in [0.5, 0.6) is 11.5 Å². The number of hydrogen-bond donors (Lipinski definition) is 0. The van der Waals surface area contributed by atoms with Crippen LogP contribution in [0.4, 0.5) is 18.9 Å². The minimum Gasteiger partial charge on any atom is -0.455 e. The van der Waals surface area contributed by atoms with Crippen molar-refractivity contribution in [3.8, 4) is 11.5 Å². The van der Waals surface area contributed by atoms with Crippen LogP contribution in [0.15, 0.2) is 30.3 Å². The Labute approximate surface area is 187 Å². The highest BCUT2D eigenvalue weighted by Crippen LogP contribution is 2.39. The molecule has 2 atom stereocenters. The molecule has 14 heteroatoms. The van der Waals surface area contributed by atoms with Crippen molar-refractivity contribution in [1.29, 1.82) is 0 Å². The molecular weight excluding hydrogens is 498 g/mol. The third-order valence-electron chi connectivity index (χ3n) is 4.26. The van der Waals surface area contributed by atoms with E-state index >= 15 is 0 Å². The van der Waals surface area contributed by atoms with Crippen molar-refractivity contribution in [2.24, 2.45) is 0 Å². The molecule has 2 rings (SSSR count). The summed E-state index contributed by atoms with van der Waals surface area (Å²) in [6.07, 6.45) is -3.56. The summed E-state index contributed by atoms with van der Waals surface area (Å²) in [6.45, 7) is 2.76. The van der Waals surface area contributed by atoms with Gasteiger partial charge in [-0.2, -0.15) is 13.2 Å². The number of aryl methyl sites for hydroxylation is 1. The van der Waals surface area contributed by atoms with Gasteiger partial charge in [0.1, 0.15) is 11.5 Å². The molecule has 2 aromatic carbocycles. The zero-order chi connectivity index (χ0) is 24.4. The zero-order valence-electron chi connectivity index (χ0n) is 16.8. The van der Waals surface area contributed by atoms with Crippen molar-refractivity contribution in [1.82, 2.24) is 0 Å². The predicted molar refractivity (Wildman–Crippen MR) is 112 cm³/mol. The average Bonchev–Trinajstić information content (AvgIpc) is 2.67. The lowest BCUT2D eigenvalue weighted by Crippen LogP contribution is -2.19. The van der Waals surface area contributed by atoms with E-state index in [2.05, 4.69) is 0 Å². The Balaban J connectivity index is 2.53. The second-order valence-electron chi connectivity index (χ2n) is 6.56. The molecule has 0 aliphatic heterocycles. The van der Waals surface area contributed by atoms with Crippen molar-refractivity contribution in [3.05, 3.63) is 56.6 Å². The zero-order valence-corrected chi connectivity index (χ0v) is 19.3. The number of nitrogens with zero attached hydrogens (tertiary/aromatic N) is 1. The molecule has 0 spiro atoms. The lowest BCUT2D eigenvalue weighted by Gasteiger charge is -2.13. The normalized spacial score (nSPS) is 13.5. The van der Waals surface area contributed by atoms with Crippen LogP contribution < -0.4 is 10.0 Å². The Bertz CT molecular complexity index is 1170. The van der Waals surface area contributed by atoms with Crippen LogP contribution in [0.1, 0.15) is 25.0 Å². The Morgan fingerprint density at radius 3 is 2.31 bits per heavy atom. The Morgan fingerprint density at radius 1 is 1.22 bits per heavy atom. The van der Waals surface area contributed by atoms with Gasteiger partial charge in [0.25, 0.3) is 0 Å². The Kier molecular flexibility index (Phi) is 7.87. The van der Waals surface area contributed by atoms with E-state index in [4.69, 9.17) is 20.9 Å². The van der Waals surface area contributed by atoms with Crippen LogP contribution in [-0.2, 0) is 31.5 Å². The minimum atomic E-state index is -4.62. The van der Waals surface area contributed by atoms with E-state index in [0.717, 1.165) is 37.4 Å². The van der Waals surface area contributed by atoms with E-state index in [9.17, 15) is 36.3 Å². The highest BCUT2D eigenvalue weighted by molar-refractivity contribution is 7.91. The second kappa shape index (κ2) is 9.70. The fourth-order valence-corrected chi connectivity index (χ4v) is 4.43. The number of nitro groups is 1. The molecule has 0 fully saturated rings. The molecule has 0 heterocycles. The van der Waals surface area contributed by atoms with Crippen LogP contribution in [0, 0.1) is 10.1 Å². The van der Waals surface area contributed by atoms with Crippen LogP contribution in [0.25, 0.3) is 0 Å². The monoisotopic (exact) mass is 514 g/mol. The van der Waals surface area contributed by atoms with Gasteiger partial charge in [-0.3, -0.25) is 10.1 Å². The van der Waals surface area contributed by atoms with E-state index < -0.39 is 51.0 Å². The van der Waals surface area contributed by atoms with Crippen molar-refractivity contribution in [3.63, 3.8) is 0 Å². The van der Waals surface area contributed by atoms with Gasteiger partial charge in [-0.1, -0.05) is 18.5 Å². The van der Waals surface area contributed by atoms with Gasteiger partial charge in [0.15, 0.2) is 9.84 Å². The van der Waals surface area contributed by atoms with E-state index in [1.807, 2.05) is 0 Å². The molecular formula is C18H17ClF3NO7PS+. The summed E-state index contributed by atoms with van der Waals surface area (Å²) < 4.78 is 84.8. The molecule has 0 aromatic heterocycles. The summed E-state index contributed by atoms with van der Waals surface area (Å²) >= 11 is 5.90.